The van der Waals surface area contributed by atoms with Crippen LogP contribution < -0.4 is 10.9 Å². The molecule has 132 valence electrons. The number of amides is 2. The Kier molecular flexibility index (Phi) is 10.9. The second-order valence-corrected chi connectivity index (χ2v) is 6.45. The number of hydrazone groups is 2. The van der Waals surface area contributed by atoms with E-state index in [1.165, 1.54) is 0 Å². The number of nitrogens with zero attached hydrogens (tertiary/aromatic N) is 2. The van der Waals surface area contributed by atoms with Crippen LogP contribution in [0, 0.1) is 11.8 Å². The number of hydrogen-bond donors (Lipinski definition) is 2. The molecule has 0 rings (SSSR count). The molecular formula is C17H32N4O2. The average Bonchev–Trinajstić information content (AvgIpc) is 2.49. The third-order valence-corrected chi connectivity index (χ3v) is 3.69. The fraction of sp³-hybridized carbons (Fsp3) is 0.765. The molecule has 6 nitrogen and oxygen atoms in total. The van der Waals surface area contributed by atoms with Gasteiger partial charge in [-0.15, -0.1) is 0 Å². The van der Waals surface area contributed by atoms with Gasteiger partial charge in [0.05, 0.1) is 0 Å². The van der Waals surface area contributed by atoms with Crippen LogP contribution in [0.25, 0.3) is 0 Å². The third-order valence-electron chi connectivity index (χ3n) is 3.69. The fourth-order valence-electron chi connectivity index (χ4n) is 1.42. The highest BCUT2D eigenvalue weighted by Crippen LogP contribution is 2.03. The molecule has 0 bridgehead atoms. The van der Waals surface area contributed by atoms with Crippen molar-refractivity contribution in [2.24, 2.45) is 22.0 Å². The minimum atomic E-state index is -0.0772. The Hall–Kier alpha value is -1.72. The van der Waals surface area contributed by atoms with Crippen molar-refractivity contribution in [3.8, 4) is 0 Å². The van der Waals surface area contributed by atoms with Gasteiger partial charge in [-0.25, -0.2) is 10.9 Å². The Morgan fingerprint density at radius 2 is 1.09 bits per heavy atom. The molecule has 23 heavy (non-hydrogen) atoms. The van der Waals surface area contributed by atoms with Crippen LogP contribution in [0.2, 0.25) is 0 Å². The molecule has 0 spiro atoms. The number of nitrogens with one attached hydrogen (secondary N) is 2. The molecule has 2 N–H and O–H groups in total. The minimum Gasteiger partial charge on any atom is -0.273 e. The van der Waals surface area contributed by atoms with E-state index in [0.29, 0.717) is 24.7 Å². The molecule has 0 aromatic heterocycles. The molecule has 0 aliphatic heterocycles. The molecule has 0 unspecified atom stereocenters. The predicted octanol–water partition coefficient (Wildman–Crippen LogP) is 3.23. The Morgan fingerprint density at radius 1 is 0.739 bits per heavy atom. The van der Waals surface area contributed by atoms with E-state index in [1.807, 2.05) is 41.5 Å². The topological polar surface area (TPSA) is 82.9 Å². The van der Waals surface area contributed by atoms with E-state index >= 15 is 0 Å². The second-order valence-electron chi connectivity index (χ2n) is 6.45. The van der Waals surface area contributed by atoms with Crippen molar-refractivity contribution in [2.75, 3.05) is 0 Å². The van der Waals surface area contributed by atoms with Gasteiger partial charge in [-0.1, -0.05) is 34.1 Å². The number of carbonyl (C=O) groups excluding carboxylic acids is 2. The van der Waals surface area contributed by atoms with Crippen molar-refractivity contribution in [3.05, 3.63) is 0 Å². The van der Waals surface area contributed by atoms with Gasteiger partial charge in [-0.05, 0) is 38.5 Å². The summed E-state index contributed by atoms with van der Waals surface area (Å²) in [5.74, 6) is 0.504. The zero-order chi connectivity index (χ0) is 17.8. The van der Waals surface area contributed by atoms with E-state index in [9.17, 15) is 9.59 Å². The van der Waals surface area contributed by atoms with Crippen LogP contribution in [-0.4, -0.2) is 23.2 Å². The summed E-state index contributed by atoms with van der Waals surface area (Å²) in [6.45, 7) is 11.9. The summed E-state index contributed by atoms with van der Waals surface area (Å²) in [7, 11) is 0. The first-order chi connectivity index (χ1) is 10.7. The number of unbranched alkanes of at least 4 members (excludes halogenated alkanes) is 2. The SMILES string of the molecule is CC(=NNC(=O)CCCCCC(=O)NN=C(C)C(C)C)C(C)C. The summed E-state index contributed by atoms with van der Waals surface area (Å²) in [4.78, 5) is 23.2. The molecular weight excluding hydrogens is 292 g/mol. The van der Waals surface area contributed by atoms with Gasteiger partial charge < -0.3 is 0 Å². The van der Waals surface area contributed by atoms with Gasteiger partial charge in [0.25, 0.3) is 0 Å². The third kappa shape index (κ3) is 11.5. The molecule has 0 aromatic rings. The molecule has 0 heterocycles. The van der Waals surface area contributed by atoms with E-state index in [2.05, 4.69) is 21.1 Å². The quantitative estimate of drug-likeness (QED) is 0.367. The van der Waals surface area contributed by atoms with Crippen LogP contribution in [0.5, 0.6) is 0 Å². The van der Waals surface area contributed by atoms with Crippen molar-refractivity contribution < 1.29 is 9.59 Å². The smallest absolute Gasteiger partial charge is 0.240 e. The molecule has 6 heteroatoms. The zero-order valence-corrected chi connectivity index (χ0v) is 15.4. The Morgan fingerprint density at radius 3 is 1.39 bits per heavy atom. The van der Waals surface area contributed by atoms with Crippen LogP contribution in [0.4, 0.5) is 0 Å². The minimum absolute atomic E-state index is 0.0772. The molecule has 0 aromatic carbocycles. The first kappa shape index (κ1) is 21.3. The summed E-state index contributed by atoms with van der Waals surface area (Å²) >= 11 is 0. The summed E-state index contributed by atoms with van der Waals surface area (Å²) in [6, 6.07) is 0. The van der Waals surface area contributed by atoms with Crippen molar-refractivity contribution in [1.29, 1.82) is 0 Å². The molecule has 0 radical (unpaired) electrons. The van der Waals surface area contributed by atoms with Crippen LogP contribution >= 0.6 is 0 Å². The maximum Gasteiger partial charge on any atom is 0.240 e. The average molecular weight is 324 g/mol. The molecule has 0 saturated carbocycles. The zero-order valence-electron chi connectivity index (χ0n) is 15.4. The van der Waals surface area contributed by atoms with E-state index in [1.54, 1.807) is 0 Å². The monoisotopic (exact) mass is 324 g/mol. The Balaban J connectivity index is 3.77. The maximum absolute atomic E-state index is 11.6. The summed E-state index contributed by atoms with van der Waals surface area (Å²) < 4.78 is 0. The second kappa shape index (κ2) is 11.8. The first-order valence-electron chi connectivity index (χ1n) is 8.40. The van der Waals surface area contributed by atoms with Crippen molar-refractivity contribution in [2.45, 2.75) is 73.6 Å². The van der Waals surface area contributed by atoms with E-state index in [-0.39, 0.29) is 11.8 Å². The van der Waals surface area contributed by atoms with Gasteiger partial charge in [0, 0.05) is 24.3 Å². The summed E-state index contributed by atoms with van der Waals surface area (Å²) in [5.41, 5.74) is 6.94. The van der Waals surface area contributed by atoms with Gasteiger partial charge in [0.2, 0.25) is 11.8 Å². The van der Waals surface area contributed by atoms with Crippen LogP contribution in [0.15, 0.2) is 10.2 Å². The maximum atomic E-state index is 11.6. The fourth-order valence-corrected chi connectivity index (χ4v) is 1.42. The Labute approximate surface area is 140 Å². The van der Waals surface area contributed by atoms with Gasteiger partial charge in [-0.2, -0.15) is 10.2 Å². The van der Waals surface area contributed by atoms with Gasteiger partial charge in [-0.3, -0.25) is 9.59 Å². The molecule has 2 amide bonds. The number of rotatable bonds is 10. The summed E-state index contributed by atoms with van der Waals surface area (Å²) in [5, 5.41) is 8.09. The van der Waals surface area contributed by atoms with Crippen molar-refractivity contribution >= 4 is 23.2 Å². The first-order valence-corrected chi connectivity index (χ1v) is 8.40. The number of hydrogen-bond acceptors (Lipinski definition) is 4. The molecule has 0 fully saturated rings. The summed E-state index contributed by atoms with van der Waals surface area (Å²) in [6.07, 6.45) is 3.20. The molecule has 0 saturated heterocycles. The molecule has 0 aliphatic rings. The largest absolute Gasteiger partial charge is 0.273 e. The highest BCUT2D eigenvalue weighted by Gasteiger charge is 2.04. The lowest BCUT2D eigenvalue weighted by Gasteiger charge is -2.06. The standard InChI is InChI=1S/C17H32N4O2/c1-12(2)14(5)18-20-16(22)10-8-7-9-11-17(23)21-19-15(6)13(3)4/h12-13H,7-11H2,1-6H3,(H,20,22)(H,21,23). The highest BCUT2D eigenvalue weighted by atomic mass is 16.2. The van der Waals surface area contributed by atoms with E-state index < -0.39 is 0 Å². The molecule has 0 aliphatic carbocycles. The number of carbonyl (C=O) groups is 2. The van der Waals surface area contributed by atoms with E-state index in [0.717, 1.165) is 30.7 Å². The van der Waals surface area contributed by atoms with E-state index in [4.69, 9.17) is 0 Å². The van der Waals surface area contributed by atoms with Crippen molar-refractivity contribution in [1.82, 2.24) is 10.9 Å². The normalized spacial score (nSPS) is 12.7. The highest BCUT2D eigenvalue weighted by molar-refractivity contribution is 5.86. The lowest BCUT2D eigenvalue weighted by Crippen LogP contribution is -2.20. The van der Waals surface area contributed by atoms with Crippen molar-refractivity contribution in [3.63, 3.8) is 0 Å². The Bertz CT molecular complexity index is 400. The lowest BCUT2D eigenvalue weighted by atomic mass is 10.1. The molecule has 0 atom stereocenters. The van der Waals surface area contributed by atoms with Crippen LogP contribution in [0.1, 0.15) is 73.6 Å². The van der Waals surface area contributed by atoms with Crippen LogP contribution in [0.3, 0.4) is 0 Å². The van der Waals surface area contributed by atoms with Gasteiger partial charge in [0.1, 0.15) is 0 Å². The van der Waals surface area contributed by atoms with Crippen LogP contribution in [-0.2, 0) is 9.59 Å². The van der Waals surface area contributed by atoms with Gasteiger partial charge >= 0.3 is 0 Å². The van der Waals surface area contributed by atoms with Gasteiger partial charge in [0.15, 0.2) is 0 Å². The predicted molar refractivity (Wildman–Crippen MR) is 95.3 cm³/mol. The lowest BCUT2D eigenvalue weighted by molar-refractivity contribution is -0.121.